The van der Waals surface area contributed by atoms with Gasteiger partial charge in [-0.05, 0) is 44.0 Å². The van der Waals surface area contributed by atoms with Gasteiger partial charge < -0.3 is 19.9 Å². The van der Waals surface area contributed by atoms with Gasteiger partial charge in [-0.1, -0.05) is 0 Å². The summed E-state index contributed by atoms with van der Waals surface area (Å²) < 4.78 is 10.9. The maximum absolute atomic E-state index is 8.75. The molecule has 19 heavy (non-hydrogen) atoms. The van der Waals surface area contributed by atoms with Crippen LogP contribution in [-0.2, 0) is 0 Å². The van der Waals surface area contributed by atoms with Crippen LogP contribution in [0.1, 0.15) is 37.3 Å². The second-order valence-electron chi connectivity index (χ2n) is 4.83. The van der Waals surface area contributed by atoms with E-state index in [0.717, 1.165) is 50.3 Å². The maximum atomic E-state index is 8.75. The lowest BCUT2D eigenvalue weighted by Crippen LogP contribution is -2.27. The van der Waals surface area contributed by atoms with Crippen molar-refractivity contribution in [3.05, 3.63) is 23.8 Å². The van der Waals surface area contributed by atoms with Gasteiger partial charge in [-0.3, -0.25) is 0 Å². The van der Waals surface area contributed by atoms with Crippen LogP contribution >= 0.6 is 0 Å². The molecular formula is C15H23NO3. The molecule has 0 fully saturated rings. The van der Waals surface area contributed by atoms with Crippen LogP contribution in [0.4, 0.5) is 0 Å². The average molecular weight is 265 g/mol. The Labute approximate surface area is 114 Å². The summed E-state index contributed by atoms with van der Waals surface area (Å²) in [7, 11) is 1.68. The minimum absolute atomic E-state index is 0.289. The molecule has 0 bridgehead atoms. The van der Waals surface area contributed by atoms with Crippen LogP contribution in [-0.4, -0.2) is 32.0 Å². The molecule has 4 heteroatoms. The summed E-state index contributed by atoms with van der Waals surface area (Å²) in [4.78, 5) is 0. The zero-order chi connectivity index (χ0) is 13.5. The Kier molecular flexibility index (Phi) is 5.48. The van der Waals surface area contributed by atoms with Gasteiger partial charge in [0.05, 0.1) is 13.7 Å². The summed E-state index contributed by atoms with van der Waals surface area (Å²) in [6, 6.07) is 6.31. The lowest BCUT2D eigenvalue weighted by Gasteiger charge is -2.27. The monoisotopic (exact) mass is 265 g/mol. The molecule has 0 saturated carbocycles. The molecule has 0 amide bonds. The third kappa shape index (κ3) is 3.85. The minimum atomic E-state index is 0.289. The second kappa shape index (κ2) is 7.36. The van der Waals surface area contributed by atoms with Crippen LogP contribution in [0.2, 0.25) is 0 Å². The van der Waals surface area contributed by atoms with Crippen molar-refractivity contribution in [3.8, 4) is 11.5 Å². The van der Waals surface area contributed by atoms with Gasteiger partial charge in [0.1, 0.15) is 11.5 Å². The van der Waals surface area contributed by atoms with Crippen molar-refractivity contribution >= 4 is 0 Å². The summed E-state index contributed by atoms with van der Waals surface area (Å²) in [5, 5.41) is 12.3. The zero-order valence-electron chi connectivity index (χ0n) is 11.5. The Bertz CT molecular complexity index is 395. The average Bonchev–Trinajstić information content (AvgIpc) is 2.46. The first-order chi connectivity index (χ1) is 9.35. The molecule has 4 nitrogen and oxygen atoms in total. The van der Waals surface area contributed by atoms with Gasteiger partial charge in [0.25, 0.3) is 0 Å². The van der Waals surface area contributed by atoms with E-state index in [-0.39, 0.29) is 6.61 Å². The molecule has 0 aliphatic carbocycles. The molecule has 0 aromatic heterocycles. The van der Waals surface area contributed by atoms with Crippen LogP contribution in [0, 0.1) is 0 Å². The molecule has 2 rings (SSSR count). The summed E-state index contributed by atoms with van der Waals surface area (Å²) in [6.07, 6.45) is 4.04. The highest BCUT2D eigenvalue weighted by molar-refractivity contribution is 5.43. The van der Waals surface area contributed by atoms with E-state index in [2.05, 4.69) is 11.4 Å². The Morgan fingerprint density at radius 2 is 2.26 bits per heavy atom. The number of aliphatic hydroxyl groups is 1. The molecule has 1 aliphatic heterocycles. The fraction of sp³-hybridized carbons (Fsp3) is 0.600. The number of aliphatic hydroxyl groups excluding tert-OH is 1. The van der Waals surface area contributed by atoms with Crippen molar-refractivity contribution in [2.24, 2.45) is 0 Å². The van der Waals surface area contributed by atoms with E-state index < -0.39 is 0 Å². The zero-order valence-corrected chi connectivity index (χ0v) is 11.5. The second-order valence-corrected chi connectivity index (χ2v) is 4.83. The number of rotatable bonds is 7. The number of hydrogen-bond donors (Lipinski definition) is 2. The van der Waals surface area contributed by atoms with Gasteiger partial charge in [-0.25, -0.2) is 0 Å². The van der Waals surface area contributed by atoms with E-state index in [4.69, 9.17) is 14.6 Å². The number of nitrogens with one attached hydrogen (secondary N) is 1. The number of unbranched alkanes of at least 4 members (excludes halogenated alkanes) is 2. The number of methoxy groups -OCH3 is 1. The highest BCUT2D eigenvalue weighted by atomic mass is 16.5. The normalized spacial score (nSPS) is 17.7. The van der Waals surface area contributed by atoms with E-state index in [0.29, 0.717) is 6.04 Å². The predicted molar refractivity (Wildman–Crippen MR) is 74.8 cm³/mol. The summed E-state index contributed by atoms with van der Waals surface area (Å²) in [6.45, 7) is 2.02. The van der Waals surface area contributed by atoms with E-state index in [1.54, 1.807) is 7.11 Å². The third-order valence-corrected chi connectivity index (χ3v) is 3.48. The van der Waals surface area contributed by atoms with Crippen LogP contribution in [0.3, 0.4) is 0 Å². The minimum Gasteiger partial charge on any atom is -0.497 e. The quantitative estimate of drug-likeness (QED) is 0.743. The molecule has 0 saturated heterocycles. The standard InChI is InChI=1S/C15H23NO3/c1-18-12-5-6-15-13(11-12)14(7-10-19-15)16-8-3-2-4-9-17/h5-6,11,14,16-17H,2-4,7-10H2,1H3. The molecule has 1 aliphatic rings. The van der Waals surface area contributed by atoms with Crippen LogP contribution in [0.5, 0.6) is 11.5 Å². The fourth-order valence-electron chi connectivity index (χ4n) is 2.40. The smallest absolute Gasteiger partial charge is 0.124 e. The molecule has 2 N–H and O–H groups in total. The first kappa shape index (κ1) is 14.2. The Morgan fingerprint density at radius 1 is 1.37 bits per heavy atom. The van der Waals surface area contributed by atoms with Crippen molar-refractivity contribution in [3.63, 3.8) is 0 Å². The van der Waals surface area contributed by atoms with E-state index in [1.807, 2.05) is 12.1 Å². The first-order valence-corrected chi connectivity index (χ1v) is 7.00. The molecule has 1 unspecified atom stereocenters. The van der Waals surface area contributed by atoms with Crippen molar-refractivity contribution in [1.82, 2.24) is 5.32 Å². The van der Waals surface area contributed by atoms with Gasteiger partial charge in [0.2, 0.25) is 0 Å². The van der Waals surface area contributed by atoms with Crippen molar-refractivity contribution in [1.29, 1.82) is 0 Å². The molecule has 1 aromatic carbocycles. The molecule has 1 heterocycles. The Balaban J connectivity index is 1.92. The van der Waals surface area contributed by atoms with Gasteiger partial charge in [-0.15, -0.1) is 0 Å². The van der Waals surface area contributed by atoms with E-state index in [9.17, 15) is 0 Å². The number of benzene rings is 1. The lowest BCUT2D eigenvalue weighted by molar-refractivity contribution is 0.250. The third-order valence-electron chi connectivity index (χ3n) is 3.48. The summed E-state index contributed by atoms with van der Waals surface area (Å²) >= 11 is 0. The molecule has 0 spiro atoms. The molecule has 1 aromatic rings. The number of ether oxygens (including phenoxy) is 2. The van der Waals surface area contributed by atoms with Gasteiger partial charge in [0, 0.05) is 24.6 Å². The van der Waals surface area contributed by atoms with E-state index >= 15 is 0 Å². The SMILES string of the molecule is COc1ccc2c(c1)C(NCCCCCO)CCO2. The van der Waals surface area contributed by atoms with Crippen LogP contribution in [0.25, 0.3) is 0 Å². The highest BCUT2D eigenvalue weighted by Crippen LogP contribution is 2.34. The maximum Gasteiger partial charge on any atom is 0.124 e. The van der Waals surface area contributed by atoms with Gasteiger partial charge in [0.15, 0.2) is 0 Å². The molecule has 0 radical (unpaired) electrons. The van der Waals surface area contributed by atoms with Crippen molar-refractivity contribution in [2.45, 2.75) is 31.7 Å². The fourth-order valence-corrected chi connectivity index (χ4v) is 2.40. The van der Waals surface area contributed by atoms with Gasteiger partial charge in [-0.2, -0.15) is 0 Å². The highest BCUT2D eigenvalue weighted by Gasteiger charge is 2.21. The molecular weight excluding hydrogens is 242 g/mol. The molecule has 1 atom stereocenters. The predicted octanol–water partition coefficient (Wildman–Crippen LogP) is 2.27. The molecule has 106 valence electrons. The topological polar surface area (TPSA) is 50.7 Å². The van der Waals surface area contributed by atoms with E-state index in [1.165, 1.54) is 5.56 Å². The summed E-state index contributed by atoms with van der Waals surface area (Å²) in [5.74, 6) is 1.83. The van der Waals surface area contributed by atoms with Crippen LogP contribution in [0.15, 0.2) is 18.2 Å². The Morgan fingerprint density at radius 3 is 3.05 bits per heavy atom. The number of fused-ring (bicyclic) bond motifs is 1. The number of hydrogen-bond acceptors (Lipinski definition) is 4. The van der Waals surface area contributed by atoms with Crippen molar-refractivity contribution < 1.29 is 14.6 Å². The van der Waals surface area contributed by atoms with Gasteiger partial charge >= 0.3 is 0 Å². The largest absolute Gasteiger partial charge is 0.497 e. The van der Waals surface area contributed by atoms with Crippen molar-refractivity contribution in [2.75, 3.05) is 26.9 Å². The Hall–Kier alpha value is -1.26. The summed E-state index contributed by atoms with van der Waals surface area (Å²) in [5.41, 5.74) is 1.19. The first-order valence-electron chi connectivity index (χ1n) is 7.00. The van der Waals surface area contributed by atoms with Crippen LogP contribution < -0.4 is 14.8 Å². The lowest BCUT2D eigenvalue weighted by atomic mass is 10.00.